The minimum atomic E-state index is -0.421. The Bertz CT molecular complexity index is 919. The van der Waals surface area contributed by atoms with Crippen molar-refractivity contribution in [3.05, 3.63) is 58.6 Å². The monoisotopic (exact) mass is 446 g/mol. The van der Waals surface area contributed by atoms with Gasteiger partial charge < -0.3 is 24.4 Å². The van der Waals surface area contributed by atoms with Gasteiger partial charge in [0.25, 0.3) is 5.91 Å². The number of halogens is 1. The lowest BCUT2D eigenvalue weighted by molar-refractivity contribution is -0.125. The average Bonchev–Trinajstić information content (AvgIpc) is 3.24. The molecule has 1 heterocycles. The third-order valence-corrected chi connectivity index (χ3v) is 5.73. The fourth-order valence-electron chi connectivity index (χ4n) is 3.86. The molecular formula is C23H27ClN2O5. The molecule has 1 aliphatic rings. The van der Waals surface area contributed by atoms with E-state index >= 15 is 0 Å². The molecular weight excluding hydrogens is 420 g/mol. The van der Waals surface area contributed by atoms with Gasteiger partial charge in [-0.15, -0.1) is 0 Å². The zero-order chi connectivity index (χ0) is 22.4. The number of ether oxygens (including phenoxy) is 3. The molecule has 166 valence electrons. The van der Waals surface area contributed by atoms with Crippen LogP contribution in [0.5, 0.6) is 11.5 Å². The number of benzene rings is 2. The molecule has 1 saturated heterocycles. The van der Waals surface area contributed by atoms with Crippen LogP contribution in [0.2, 0.25) is 5.02 Å². The molecule has 0 spiro atoms. The molecule has 2 aromatic rings. The van der Waals surface area contributed by atoms with E-state index in [1.54, 1.807) is 56.6 Å². The first-order valence-electron chi connectivity index (χ1n) is 10.0. The topological polar surface area (TPSA) is 77.1 Å². The summed E-state index contributed by atoms with van der Waals surface area (Å²) in [6.07, 6.45) is 0. The van der Waals surface area contributed by atoms with Gasteiger partial charge in [0.15, 0.2) is 0 Å². The van der Waals surface area contributed by atoms with Crippen molar-refractivity contribution in [2.75, 3.05) is 47.6 Å². The standard InChI is InChI=1S/C23H27ClN2O5/c1-29-11-10-25-22(27)20-14-26(23(28)15-4-6-16(24)7-5-15)13-19(20)18-9-8-17(30-2)12-21(18)31-3/h4-9,12,19-20H,10-11,13-14H2,1-3H3,(H,25,27)/t19-,20+/m1/s1. The highest BCUT2D eigenvalue weighted by Crippen LogP contribution is 2.39. The Kier molecular flexibility index (Phi) is 7.76. The number of amides is 2. The minimum absolute atomic E-state index is 0.119. The van der Waals surface area contributed by atoms with Crippen LogP contribution in [0.25, 0.3) is 0 Å². The highest BCUT2D eigenvalue weighted by molar-refractivity contribution is 6.30. The summed E-state index contributed by atoms with van der Waals surface area (Å²) in [5.74, 6) is 0.385. The van der Waals surface area contributed by atoms with Gasteiger partial charge >= 0.3 is 0 Å². The summed E-state index contributed by atoms with van der Waals surface area (Å²) in [6, 6.07) is 12.3. The largest absolute Gasteiger partial charge is 0.497 e. The van der Waals surface area contributed by atoms with E-state index in [4.69, 9.17) is 25.8 Å². The molecule has 0 bridgehead atoms. The summed E-state index contributed by atoms with van der Waals surface area (Å²) in [6.45, 7) is 1.53. The molecule has 0 saturated carbocycles. The van der Waals surface area contributed by atoms with E-state index in [0.717, 1.165) is 5.56 Å². The van der Waals surface area contributed by atoms with Crippen LogP contribution in [0.4, 0.5) is 0 Å². The fraction of sp³-hybridized carbons (Fsp3) is 0.391. The van der Waals surface area contributed by atoms with E-state index in [1.807, 2.05) is 12.1 Å². The lowest BCUT2D eigenvalue weighted by atomic mass is 9.87. The second-order valence-corrected chi connectivity index (χ2v) is 7.76. The lowest BCUT2D eigenvalue weighted by Crippen LogP contribution is -2.37. The highest BCUT2D eigenvalue weighted by atomic mass is 35.5. The fourth-order valence-corrected chi connectivity index (χ4v) is 3.98. The molecule has 3 rings (SSSR count). The van der Waals surface area contributed by atoms with Crippen molar-refractivity contribution < 1.29 is 23.8 Å². The number of methoxy groups -OCH3 is 3. The smallest absolute Gasteiger partial charge is 0.253 e. The van der Waals surface area contributed by atoms with E-state index in [1.165, 1.54) is 0 Å². The summed E-state index contributed by atoms with van der Waals surface area (Å²) < 4.78 is 15.9. The first-order chi connectivity index (χ1) is 15.0. The van der Waals surface area contributed by atoms with Gasteiger partial charge in [0.2, 0.25) is 5.91 Å². The zero-order valence-electron chi connectivity index (χ0n) is 17.9. The average molecular weight is 447 g/mol. The molecule has 0 aliphatic carbocycles. The van der Waals surface area contributed by atoms with Crippen molar-refractivity contribution in [1.29, 1.82) is 0 Å². The molecule has 1 fully saturated rings. The second kappa shape index (κ2) is 10.5. The summed E-state index contributed by atoms with van der Waals surface area (Å²) in [7, 11) is 4.75. The van der Waals surface area contributed by atoms with E-state index in [2.05, 4.69) is 5.32 Å². The first kappa shape index (κ1) is 22.9. The molecule has 2 amide bonds. The van der Waals surface area contributed by atoms with Crippen LogP contribution >= 0.6 is 11.6 Å². The molecule has 1 aliphatic heterocycles. The minimum Gasteiger partial charge on any atom is -0.497 e. The predicted octanol–water partition coefficient (Wildman–Crippen LogP) is 2.98. The Morgan fingerprint density at radius 1 is 1.06 bits per heavy atom. The Morgan fingerprint density at radius 3 is 2.45 bits per heavy atom. The highest BCUT2D eigenvalue weighted by Gasteiger charge is 2.41. The number of hydrogen-bond donors (Lipinski definition) is 1. The molecule has 0 unspecified atom stereocenters. The lowest BCUT2D eigenvalue weighted by Gasteiger charge is -2.21. The number of rotatable bonds is 8. The Labute approximate surface area is 187 Å². The third kappa shape index (κ3) is 5.29. The van der Waals surface area contributed by atoms with Gasteiger partial charge in [-0.1, -0.05) is 17.7 Å². The van der Waals surface area contributed by atoms with Gasteiger partial charge in [0.1, 0.15) is 11.5 Å². The van der Waals surface area contributed by atoms with E-state index in [-0.39, 0.29) is 17.7 Å². The molecule has 1 N–H and O–H groups in total. The molecule has 2 aromatic carbocycles. The van der Waals surface area contributed by atoms with Crippen LogP contribution in [-0.2, 0) is 9.53 Å². The maximum absolute atomic E-state index is 13.1. The zero-order valence-corrected chi connectivity index (χ0v) is 18.6. The van der Waals surface area contributed by atoms with Crippen molar-refractivity contribution in [3.63, 3.8) is 0 Å². The van der Waals surface area contributed by atoms with Crippen LogP contribution < -0.4 is 14.8 Å². The molecule has 7 nitrogen and oxygen atoms in total. The summed E-state index contributed by atoms with van der Waals surface area (Å²) >= 11 is 5.95. The van der Waals surface area contributed by atoms with Gasteiger partial charge in [-0.25, -0.2) is 0 Å². The van der Waals surface area contributed by atoms with Crippen molar-refractivity contribution in [2.24, 2.45) is 5.92 Å². The van der Waals surface area contributed by atoms with Crippen molar-refractivity contribution in [3.8, 4) is 11.5 Å². The van der Waals surface area contributed by atoms with Gasteiger partial charge in [0, 0.05) is 54.9 Å². The summed E-state index contributed by atoms with van der Waals surface area (Å²) in [4.78, 5) is 27.8. The molecule has 31 heavy (non-hydrogen) atoms. The van der Waals surface area contributed by atoms with Gasteiger partial charge in [0.05, 0.1) is 26.7 Å². The molecule has 0 radical (unpaired) electrons. The molecule has 8 heteroatoms. The van der Waals surface area contributed by atoms with Crippen molar-refractivity contribution in [2.45, 2.75) is 5.92 Å². The SMILES string of the molecule is COCCNC(=O)[C@H]1CN(C(=O)c2ccc(Cl)cc2)C[C@@H]1c1ccc(OC)cc1OC. The van der Waals surface area contributed by atoms with Crippen molar-refractivity contribution in [1.82, 2.24) is 10.2 Å². The summed E-state index contributed by atoms with van der Waals surface area (Å²) in [5, 5.41) is 3.47. The maximum atomic E-state index is 13.1. The number of hydrogen-bond acceptors (Lipinski definition) is 5. The number of carbonyl (C=O) groups excluding carboxylic acids is 2. The number of nitrogens with zero attached hydrogens (tertiary/aromatic N) is 1. The van der Waals surface area contributed by atoms with Gasteiger partial charge in [-0.05, 0) is 30.3 Å². The Morgan fingerprint density at radius 2 is 1.81 bits per heavy atom. The van der Waals surface area contributed by atoms with E-state index < -0.39 is 5.92 Å². The number of carbonyl (C=O) groups is 2. The van der Waals surface area contributed by atoms with E-state index in [0.29, 0.717) is 48.3 Å². The van der Waals surface area contributed by atoms with Crippen LogP contribution in [-0.4, -0.2) is 64.3 Å². The van der Waals surface area contributed by atoms with E-state index in [9.17, 15) is 9.59 Å². The third-order valence-electron chi connectivity index (χ3n) is 5.48. The van der Waals surface area contributed by atoms with Crippen LogP contribution in [0.15, 0.2) is 42.5 Å². The van der Waals surface area contributed by atoms with Crippen molar-refractivity contribution >= 4 is 23.4 Å². The van der Waals surface area contributed by atoms with Gasteiger partial charge in [-0.3, -0.25) is 9.59 Å². The quantitative estimate of drug-likeness (QED) is 0.631. The Balaban J connectivity index is 1.89. The molecule has 2 atom stereocenters. The molecule has 0 aromatic heterocycles. The number of likely N-dealkylation sites (tertiary alicyclic amines) is 1. The Hall–Kier alpha value is -2.77. The normalized spacial score (nSPS) is 18.0. The number of nitrogens with one attached hydrogen (secondary N) is 1. The second-order valence-electron chi connectivity index (χ2n) is 7.32. The van der Waals surface area contributed by atoms with Gasteiger partial charge in [-0.2, -0.15) is 0 Å². The maximum Gasteiger partial charge on any atom is 0.253 e. The van der Waals surface area contributed by atoms with Crippen LogP contribution in [0.1, 0.15) is 21.8 Å². The summed E-state index contributed by atoms with van der Waals surface area (Å²) in [5.41, 5.74) is 1.40. The van der Waals surface area contributed by atoms with Crippen LogP contribution in [0, 0.1) is 5.92 Å². The predicted molar refractivity (Wildman–Crippen MR) is 118 cm³/mol. The first-order valence-corrected chi connectivity index (χ1v) is 10.4. The van der Waals surface area contributed by atoms with Crippen LogP contribution in [0.3, 0.4) is 0 Å².